The van der Waals surface area contributed by atoms with Gasteiger partial charge in [0.25, 0.3) is 5.91 Å². The lowest BCUT2D eigenvalue weighted by Crippen LogP contribution is -2.19. The van der Waals surface area contributed by atoms with E-state index in [2.05, 4.69) is 27.5 Å². The van der Waals surface area contributed by atoms with Crippen LogP contribution < -0.4 is 20.1 Å². The number of hydrogen-bond donors (Lipinski definition) is 2. The molecule has 7 heteroatoms. The van der Waals surface area contributed by atoms with Crippen molar-refractivity contribution in [3.8, 4) is 11.5 Å². The average molecular weight is 328 g/mol. The quantitative estimate of drug-likeness (QED) is 0.877. The summed E-state index contributed by atoms with van der Waals surface area (Å²) in [6, 6.07) is 7.14. The molecule has 2 aromatic rings. The van der Waals surface area contributed by atoms with Gasteiger partial charge in [-0.05, 0) is 38.5 Å². The summed E-state index contributed by atoms with van der Waals surface area (Å²) >= 11 is 0. The number of hydrogen-bond acceptors (Lipinski definition) is 6. The maximum Gasteiger partial charge on any atom is 0.274 e. The van der Waals surface area contributed by atoms with Crippen LogP contribution in [0.3, 0.4) is 0 Å². The fourth-order valence-electron chi connectivity index (χ4n) is 2.24. The smallest absolute Gasteiger partial charge is 0.274 e. The van der Waals surface area contributed by atoms with Crippen LogP contribution >= 0.6 is 0 Å². The molecule has 0 spiro atoms. The summed E-state index contributed by atoms with van der Waals surface area (Å²) in [6.07, 6.45) is 0.941. The largest absolute Gasteiger partial charge is 0.454 e. The van der Waals surface area contributed by atoms with Crippen LogP contribution in [0.25, 0.3) is 0 Å². The molecule has 0 saturated carbocycles. The third-order valence-corrected chi connectivity index (χ3v) is 3.71. The van der Waals surface area contributed by atoms with E-state index in [1.807, 2.05) is 13.8 Å². The zero-order chi connectivity index (χ0) is 17.1. The molecule has 1 aromatic carbocycles. The number of anilines is 2. The van der Waals surface area contributed by atoms with E-state index in [1.165, 1.54) is 0 Å². The van der Waals surface area contributed by atoms with Gasteiger partial charge >= 0.3 is 0 Å². The molecule has 24 heavy (non-hydrogen) atoms. The molecule has 1 aliphatic rings. The monoisotopic (exact) mass is 328 g/mol. The average Bonchev–Trinajstić information content (AvgIpc) is 3.01. The van der Waals surface area contributed by atoms with E-state index < -0.39 is 0 Å². The molecule has 0 saturated heterocycles. The zero-order valence-electron chi connectivity index (χ0n) is 13.9. The van der Waals surface area contributed by atoms with Gasteiger partial charge in [-0.3, -0.25) is 4.79 Å². The Morgan fingerprint density at radius 3 is 2.83 bits per heavy atom. The number of amides is 1. The van der Waals surface area contributed by atoms with Crippen LogP contribution in [0.5, 0.6) is 11.5 Å². The van der Waals surface area contributed by atoms with E-state index in [1.54, 1.807) is 24.3 Å². The molecule has 126 valence electrons. The highest BCUT2D eigenvalue weighted by molar-refractivity contribution is 6.03. The molecule has 2 N–H and O–H groups in total. The number of benzene rings is 1. The fraction of sp³-hybridized carbons (Fsp3) is 0.353. The second kappa shape index (κ2) is 6.74. The van der Waals surface area contributed by atoms with Crippen molar-refractivity contribution in [2.45, 2.75) is 33.2 Å². The van der Waals surface area contributed by atoms with Gasteiger partial charge < -0.3 is 20.1 Å². The van der Waals surface area contributed by atoms with Gasteiger partial charge in [0.05, 0.1) is 0 Å². The van der Waals surface area contributed by atoms with Crippen LogP contribution in [0.15, 0.2) is 24.3 Å². The number of nitrogens with zero attached hydrogens (tertiary/aromatic N) is 2. The number of carbonyl (C=O) groups excluding carboxylic acids is 1. The molecule has 1 unspecified atom stereocenters. The minimum atomic E-state index is -0.299. The topological polar surface area (TPSA) is 85.4 Å². The lowest BCUT2D eigenvalue weighted by molar-refractivity contribution is 0.102. The third-order valence-electron chi connectivity index (χ3n) is 3.71. The van der Waals surface area contributed by atoms with Crippen molar-refractivity contribution in [2.75, 3.05) is 17.4 Å². The maximum atomic E-state index is 12.5. The Morgan fingerprint density at radius 1 is 1.25 bits per heavy atom. The number of rotatable bonds is 5. The Morgan fingerprint density at radius 2 is 2.04 bits per heavy atom. The summed E-state index contributed by atoms with van der Waals surface area (Å²) in [7, 11) is 0. The Balaban J connectivity index is 1.77. The standard InChI is InChI=1S/C17H20N4O3/c1-4-10(2)18-17-19-11(3)7-13(21-17)16(22)20-12-5-6-14-15(8-12)24-9-23-14/h5-8,10H,4,9H2,1-3H3,(H,20,22)(H,18,19,21). The number of carbonyl (C=O) groups is 1. The molecule has 0 aliphatic carbocycles. The number of fused-ring (bicyclic) bond motifs is 1. The first-order chi connectivity index (χ1) is 11.5. The highest BCUT2D eigenvalue weighted by Gasteiger charge is 2.16. The van der Waals surface area contributed by atoms with Crippen molar-refractivity contribution in [1.29, 1.82) is 0 Å². The van der Waals surface area contributed by atoms with Gasteiger partial charge in [0.2, 0.25) is 12.7 Å². The van der Waals surface area contributed by atoms with E-state index in [-0.39, 0.29) is 18.7 Å². The Hall–Kier alpha value is -2.83. The molecular formula is C17H20N4O3. The van der Waals surface area contributed by atoms with E-state index in [9.17, 15) is 4.79 Å². The maximum absolute atomic E-state index is 12.5. The van der Waals surface area contributed by atoms with Gasteiger partial charge in [0, 0.05) is 23.5 Å². The van der Waals surface area contributed by atoms with Crippen LogP contribution in [0, 0.1) is 6.92 Å². The van der Waals surface area contributed by atoms with Crippen LogP contribution in [-0.2, 0) is 0 Å². The summed E-state index contributed by atoms with van der Waals surface area (Å²) in [5.41, 5.74) is 1.66. The van der Waals surface area contributed by atoms with Gasteiger partial charge in [-0.15, -0.1) is 0 Å². The molecular weight excluding hydrogens is 308 g/mol. The molecule has 7 nitrogen and oxygen atoms in total. The number of aryl methyl sites for hydroxylation is 1. The summed E-state index contributed by atoms with van der Waals surface area (Å²) in [5.74, 6) is 1.45. The van der Waals surface area contributed by atoms with Crippen LogP contribution in [-0.4, -0.2) is 28.7 Å². The molecule has 1 aliphatic heterocycles. The third kappa shape index (κ3) is 3.56. The molecule has 0 radical (unpaired) electrons. The second-order valence-corrected chi connectivity index (χ2v) is 5.69. The summed E-state index contributed by atoms with van der Waals surface area (Å²) in [6.45, 7) is 6.14. The van der Waals surface area contributed by atoms with Gasteiger partial charge in [0.1, 0.15) is 5.69 Å². The van der Waals surface area contributed by atoms with Crippen LogP contribution in [0.2, 0.25) is 0 Å². The summed E-state index contributed by atoms with van der Waals surface area (Å²) < 4.78 is 10.6. The van der Waals surface area contributed by atoms with Crippen molar-refractivity contribution in [2.24, 2.45) is 0 Å². The lowest BCUT2D eigenvalue weighted by atomic mass is 10.2. The molecule has 1 atom stereocenters. The first-order valence-corrected chi connectivity index (χ1v) is 7.88. The van der Waals surface area contributed by atoms with Crippen molar-refractivity contribution in [1.82, 2.24) is 9.97 Å². The van der Waals surface area contributed by atoms with Crippen molar-refractivity contribution >= 4 is 17.5 Å². The fourth-order valence-corrected chi connectivity index (χ4v) is 2.24. The number of ether oxygens (including phenoxy) is 2. The highest BCUT2D eigenvalue weighted by atomic mass is 16.7. The van der Waals surface area contributed by atoms with Crippen LogP contribution in [0.4, 0.5) is 11.6 Å². The van der Waals surface area contributed by atoms with E-state index >= 15 is 0 Å². The SMILES string of the molecule is CCC(C)Nc1nc(C)cc(C(=O)Nc2ccc3c(c2)OCO3)n1. The molecule has 1 amide bonds. The minimum Gasteiger partial charge on any atom is -0.454 e. The van der Waals surface area contributed by atoms with Gasteiger partial charge in [0.15, 0.2) is 11.5 Å². The lowest BCUT2D eigenvalue weighted by Gasteiger charge is -2.13. The predicted octanol–water partition coefficient (Wildman–Crippen LogP) is 2.98. The van der Waals surface area contributed by atoms with Gasteiger partial charge in [-0.2, -0.15) is 0 Å². The predicted molar refractivity (Wildman–Crippen MR) is 90.7 cm³/mol. The van der Waals surface area contributed by atoms with Crippen LogP contribution in [0.1, 0.15) is 36.5 Å². The molecule has 0 bridgehead atoms. The first kappa shape index (κ1) is 16.0. The molecule has 2 heterocycles. The van der Waals surface area contributed by atoms with Gasteiger partial charge in [-0.25, -0.2) is 9.97 Å². The Kier molecular flexibility index (Phi) is 4.50. The number of aromatic nitrogens is 2. The van der Waals surface area contributed by atoms with E-state index in [4.69, 9.17) is 9.47 Å². The van der Waals surface area contributed by atoms with Gasteiger partial charge in [-0.1, -0.05) is 6.92 Å². The normalized spacial score (nSPS) is 13.5. The minimum absolute atomic E-state index is 0.197. The summed E-state index contributed by atoms with van der Waals surface area (Å²) in [4.78, 5) is 21.1. The van der Waals surface area contributed by atoms with Crippen molar-refractivity contribution < 1.29 is 14.3 Å². The molecule has 0 fully saturated rings. The van der Waals surface area contributed by atoms with E-state index in [0.29, 0.717) is 28.8 Å². The Bertz CT molecular complexity index is 763. The highest BCUT2D eigenvalue weighted by Crippen LogP contribution is 2.34. The number of nitrogens with one attached hydrogen (secondary N) is 2. The second-order valence-electron chi connectivity index (χ2n) is 5.69. The summed E-state index contributed by atoms with van der Waals surface area (Å²) in [5, 5.41) is 6.00. The van der Waals surface area contributed by atoms with Crippen molar-refractivity contribution in [3.63, 3.8) is 0 Å². The molecule has 3 rings (SSSR count). The van der Waals surface area contributed by atoms with E-state index in [0.717, 1.165) is 12.1 Å². The Labute approximate surface area is 140 Å². The first-order valence-electron chi connectivity index (χ1n) is 7.88. The van der Waals surface area contributed by atoms with Crippen molar-refractivity contribution in [3.05, 3.63) is 35.7 Å². The zero-order valence-corrected chi connectivity index (χ0v) is 13.9. The molecule has 1 aromatic heterocycles.